The van der Waals surface area contributed by atoms with Gasteiger partial charge in [0, 0.05) is 27.7 Å². The zero-order valence-electron chi connectivity index (χ0n) is 9.28. The van der Waals surface area contributed by atoms with Crippen molar-refractivity contribution in [3.05, 3.63) is 12.3 Å². The number of aromatic nitrogens is 1. The molecule has 0 atom stereocenters. The van der Waals surface area contributed by atoms with E-state index < -0.39 is 0 Å². The van der Waals surface area contributed by atoms with E-state index in [4.69, 9.17) is 5.73 Å². The summed E-state index contributed by atoms with van der Waals surface area (Å²) in [4.78, 5) is 8.44. The second-order valence-electron chi connectivity index (χ2n) is 3.52. The molecule has 0 saturated carbocycles. The molecule has 78 valence electrons. The van der Waals surface area contributed by atoms with Crippen molar-refractivity contribution in [2.45, 2.75) is 6.92 Å². The first-order valence-corrected chi connectivity index (χ1v) is 4.70. The molecule has 0 aliphatic heterocycles. The molecule has 1 aromatic rings. The summed E-state index contributed by atoms with van der Waals surface area (Å²) >= 11 is 0. The van der Waals surface area contributed by atoms with Crippen LogP contribution in [0, 0.1) is 0 Å². The van der Waals surface area contributed by atoms with Crippen molar-refractivity contribution in [3.8, 4) is 0 Å². The molecule has 0 aromatic carbocycles. The molecule has 0 saturated heterocycles. The summed E-state index contributed by atoms with van der Waals surface area (Å²) in [5.74, 6) is 0.965. The summed E-state index contributed by atoms with van der Waals surface area (Å²) in [7, 11) is 6.00. The molecule has 0 bridgehead atoms. The van der Waals surface area contributed by atoms with E-state index in [1.54, 1.807) is 6.20 Å². The van der Waals surface area contributed by atoms with Gasteiger partial charge in [0.25, 0.3) is 0 Å². The van der Waals surface area contributed by atoms with Crippen molar-refractivity contribution in [2.75, 3.05) is 43.2 Å². The fourth-order valence-corrected chi connectivity index (χ4v) is 1.23. The van der Waals surface area contributed by atoms with Gasteiger partial charge in [0.2, 0.25) is 0 Å². The van der Waals surface area contributed by atoms with Gasteiger partial charge in [-0.2, -0.15) is 0 Å². The van der Waals surface area contributed by atoms with Crippen molar-refractivity contribution in [3.63, 3.8) is 0 Å². The quantitative estimate of drug-likeness (QED) is 0.785. The Hall–Kier alpha value is -1.45. The van der Waals surface area contributed by atoms with Gasteiger partial charge in [0.15, 0.2) is 5.82 Å². The molecule has 14 heavy (non-hydrogen) atoms. The molecule has 1 aromatic heterocycles. The highest BCUT2D eigenvalue weighted by atomic mass is 15.2. The summed E-state index contributed by atoms with van der Waals surface area (Å²) in [6, 6.07) is 1.94. The largest absolute Gasteiger partial charge is 0.397 e. The number of hydrogen-bond donors (Lipinski definition) is 1. The van der Waals surface area contributed by atoms with Crippen LogP contribution in [0.5, 0.6) is 0 Å². The van der Waals surface area contributed by atoms with Crippen LogP contribution in [0.1, 0.15) is 6.92 Å². The van der Waals surface area contributed by atoms with E-state index in [0.29, 0.717) is 5.69 Å². The van der Waals surface area contributed by atoms with Gasteiger partial charge in [-0.15, -0.1) is 0 Å². The summed E-state index contributed by atoms with van der Waals surface area (Å²) in [6.45, 7) is 3.02. The molecule has 0 spiro atoms. The third-order valence-corrected chi connectivity index (χ3v) is 2.19. The van der Waals surface area contributed by atoms with Gasteiger partial charge in [-0.25, -0.2) is 4.98 Å². The lowest BCUT2D eigenvalue weighted by atomic mass is 10.3. The molecular formula is C10H18N4. The Kier molecular flexibility index (Phi) is 3.17. The second-order valence-corrected chi connectivity index (χ2v) is 3.52. The van der Waals surface area contributed by atoms with Crippen molar-refractivity contribution < 1.29 is 0 Å². The topological polar surface area (TPSA) is 45.4 Å². The predicted molar refractivity (Wildman–Crippen MR) is 61.9 cm³/mol. The first kappa shape index (κ1) is 10.6. The first-order valence-electron chi connectivity index (χ1n) is 4.70. The van der Waals surface area contributed by atoms with Crippen molar-refractivity contribution in [2.24, 2.45) is 0 Å². The Labute approximate surface area is 85.3 Å². The number of anilines is 3. The predicted octanol–water partition coefficient (Wildman–Crippen LogP) is 1.19. The lowest BCUT2D eigenvalue weighted by Gasteiger charge is -2.23. The van der Waals surface area contributed by atoms with Crippen LogP contribution >= 0.6 is 0 Å². The fraction of sp³-hybridized carbons (Fsp3) is 0.500. The number of nitrogens with zero attached hydrogens (tertiary/aromatic N) is 3. The molecule has 4 heteroatoms. The average Bonchev–Trinajstić information content (AvgIpc) is 2.16. The molecule has 0 aliphatic rings. The molecule has 0 unspecified atom stereocenters. The minimum Gasteiger partial charge on any atom is -0.397 e. The highest BCUT2D eigenvalue weighted by Crippen LogP contribution is 2.26. The van der Waals surface area contributed by atoms with Crippen molar-refractivity contribution in [1.29, 1.82) is 0 Å². The highest BCUT2D eigenvalue weighted by Gasteiger charge is 2.09. The number of rotatable bonds is 3. The highest BCUT2D eigenvalue weighted by molar-refractivity contribution is 5.70. The van der Waals surface area contributed by atoms with Crippen LogP contribution in [0.2, 0.25) is 0 Å². The van der Waals surface area contributed by atoms with Gasteiger partial charge < -0.3 is 15.5 Å². The average molecular weight is 194 g/mol. The van der Waals surface area contributed by atoms with Gasteiger partial charge in [-0.05, 0) is 13.0 Å². The number of nitrogens with two attached hydrogens (primary N) is 1. The van der Waals surface area contributed by atoms with Crippen molar-refractivity contribution >= 4 is 17.2 Å². The molecule has 1 rings (SSSR count). The number of hydrogen-bond acceptors (Lipinski definition) is 4. The summed E-state index contributed by atoms with van der Waals surface area (Å²) in [5.41, 5.74) is 7.45. The summed E-state index contributed by atoms with van der Waals surface area (Å²) < 4.78 is 0. The lowest BCUT2D eigenvalue weighted by Crippen LogP contribution is -2.21. The monoisotopic (exact) mass is 194 g/mol. The maximum atomic E-state index is 5.70. The van der Waals surface area contributed by atoms with Crippen LogP contribution in [0.3, 0.4) is 0 Å². The fourth-order valence-electron chi connectivity index (χ4n) is 1.23. The summed E-state index contributed by atoms with van der Waals surface area (Å²) in [5, 5.41) is 0. The molecule has 4 nitrogen and oxygen atoms in total. The normalized spacial score (nSPS) is 10.0. The Bertz CT molecular complexity index is 309. The first-order chi connectivity index (χ1) is 6.56. The van der Waals surface area contributed by atoms with E-state index in [0.717, 1.165) is 18.1 Å². The number of nitrogen functional groups attached to an aromatic ring is 1. The molecule has 0 radical (unpaired) electrons. The number of pyridine rings is 1. The van der Waals surface area contributed by atoms with Crippen LogP contribution in [-0.4, -0.2) is 32.7 Å². The molecule has 0 fully saturated rings. The SMILES string of the molecule is CCN(C)c1ncc(N)cc1N(C)C. The third-order valence-electron chi connectivity index (χ3n) is 2.19. The zero-order chi connectivity index (χ0) is 10.7. The molecule has 1 heterocycles. The Morgan fingerprint density at radius 2 is 2.00 bits per heavy atom. The maximum Gasteiger partial charge on any atom is 0.152 e. The molecule has 0 aliphatic carbocycles. The van der Waals surface area contributed by atoms with E-state index in [9.17, 15) is 0 Å². The van der Waals surface area contributed by atoms with Gasteiger partial charge in [0.1, 0.15) is 0 Å². The van der Waals surface area contributed by atoms with E-state index in [1.165, 1.54) is 0 Å². The molecule has 2 N–H and O–H groups in total. The third kappa shape index (κ3) is 2.07. The zero-order valence-corrected chi connectivity index (χ0v) is 9.28. The Balaban J connectivity index is 3.14. The standard InChI is InChI=1S/C10H18N4/c1-5-14(4)10-9(13(2)3)6-8(11)7-12-10/h6-7H,5,11H2,1-4H3. The Morgan fingerprint density at radius 3 is 2.50 bits per heavy atom. The smallest absolute Gasteiger partial charge is 0.152 e. The van der Waals surface area contributed by atoms with Crippen LogP contribution in [0.25, 0.3) is 0 Å². The second kappa shape index (κ2) is 4.17. The Morgan fingerprint density at radius 1 is 1.36 bits per heavy atom. The van der Waals surface area contributed by atoms with E-state index in [-0.39, 0.29) is 0 Å². The minimum absolute atomic E-state index is 0.696. The molecular weight excluding hydrogens is 176 g/mol. The van der Waals surface area contributed by atoms with Crippen LogP contribution in [0.4, 0.5) is 17.2 Å². The van der Waals surface area contributed by atoms with E-state index in [2.05, 4.69) is 16.8 Å². The van der Waals surface area contributed by atoms with E-state index >= 15 is 0 Å². The van der Waals surface area contributed by atoms with Gasteiger partial charge in [0.05, 0.1) is 17.6 Å². The van der Waals surface area contributed by atoms with E-state index in [1.807, 2.05) is 32.1 Å². The maximum absolute atomic E-state index is 5.70. The molecule has 0 amide bonds. The lowest BCUT2D eigenvalue weighted by molar-refractivity contribution is 0.929. The van der Waals surface area contributed by atoms with Crippen LogP contribution in [0.15, 0.2) is 12.3 Å². The summed E-state index contributed by atoms with van der Waals surface area (Å²) in [6.07, 6.45) is 1.69. The van der Waals surface area contributed by atoms with Crippen molar-refractivity contribution in [1.82, 2.24) is 4.98 Å². The minimum atomic E-state index is 0.696. The van der Waals surface area contributed by atoms with Crippen LogP contribution in [-0.2, 0) is 0 Å². The van der Waals surface area contributed by atoms with Gasteiger partial charge >= 0.3 is 0 Å². The van der Waals surface area contributed by atoms with Crippen LogP contribution < -0.4 is 15.5 Å². The van der Waals surface area contributed by atoms with Gasteiger partial charge in [-0.1, -0.05) is 0 Å². The van der Waals surface area contributed by atoms with Gasteiger partial charge in [-0.3, -0.25) is 0 Å².